The van der Waals surface area contributed by atoms with Gasteiger partial charge in [0.25, 0.3) is 0 Å². The van der Waals surface area contributed by atoms with E-state index in [0.717, 1.165) is 12.6 Å². The van der Waals surface area contributed by atoms with Crippen LogP contribution in [0.5, 0.6) is 0 Å². The summed E-state index contributed by atoms with van der Waals surface area (Å²) in [6.07, 6.45) is 15.4. The summed E-state index contributed by atoms with van der Waals surface area (Å²) in [7, 11) is 0. The van der Waals surface area contributed by atoms with Gasteiger partial charge < -0.3 is 10.6 Å². The molecule has 0 aromatic heterocycles. The van der Waals surface area contributed by atoms with Crippen molar-refractivity contribution in [2.75, 3.05) is 32.7 Å². The van der Waals surface area contributed by atoms with Gasteiger partial charge in [-0.15, -0.1) is 0 Å². The van der Waals surface area contributed by atoms with Gasteiger partial charge in [-0.2, -0.15) is 0 Å². The standard InChI is InChI=1S/C18H35N3/c19-16-18(10-4-1-2-5-11-18)21-14-8-17(9-15-21)20-12-6-3-7-13-20/h17H,1-16,19H2. The zero-order valence-corrected chi connectivity index (χ0v) is 13.9. The molecule has 0 atom stereocenters. The summed E-state index contributed by atoms with van der Waals surface area (Å²) in [5.74, 6) is 0. The number of nitrogens with zero attached hydrogens (tertiary/aromatic N) is 2. The van der Waals surface area contributed by atoms with Crippen molar-refractivity contribution in [1.29, 1.82) is 0 Å². The second-order valence-corrected chi connectivity index (χ2v) is 7.66. The predicted molar refractivity (Wildman–Crippen MR) is 89.5 cm³/mol. The van der Waals surface area contributed by atoms with Crippen molar-refractivity contribution in [1.82, 2.24) is 9.80 Å². The van der Waals surface area contributed by atoms with Crippen LogP contribution in [0.4, 0.5) is 0 Å². The molecule has 21 heavy (non-hydrogen) atoms. The first-order valence-electron chi connectivity index (χ1n) is 9.53. The molecule has 2 N–H and O–H groups in total. The molecule has 2 saturated heterocycles. The molecule has 1 aliphatic carbocycles. The third-order valence-electron chi connectivity index (χ3n) is 6.46. The lowest BCUT2D eigenvalue weighted by Crippen LogP contribution is -2.58. The molecule has 0 bridgehead atoms. The Morgan fingerprint density at radius 2 is 1.33 bits per heavy atom. The third-order valence-corrected chi connectivity index (χ3v) is 6.46. The molecule has 1 saturated carbocycles. The Morgan fingerprint density at radius 1 is 0.762 bits per heavy atom. The van der Waals surface area contributed by atoms with Gasteiger partial charge in [0.2, 0.25) is 0 Å². The Kier molecular flexibility index (Phi) is 5.58. The van der Waals surface area contributed by atoms with Crippen LogP contribution in [-0.4, -0.2) is 54.1 Å². The number of hydrogen-bond acceptors (Lipinski definition) is 3. The number of likely N-dealkylation sites (tertiary alicyclic amines) is 2. The first-order valence-corrected chi connectivity index (χ1v) is 9.53. The maximum Gasteiger partial charge on any atom is 0.0331 e. The lowest BCUT2D eigenvalue weighted by molar-refractivity contribution is 0.0202. The molecule has 0 aromatic carbocycles. The molecule has 0 spiro atoms. The molecular weight excluding hydrogens is 258 g/mol. The molecule has 3 nitrogen and oxygen atoms in total. The van der Waals surface area contributed by atoms with Crippen molar-refractivity contribution in [2.45, 2.75) is 82.2 Å². The van der Waals surface area contributed by atoms with E-state index in [4.69, 9.17) is 5.73 Å². The van der Waals surface area contributed by atoms with Crippen LogP contribution in [0.25, 0.3) is 0 Å². The molecule has 2 aliphatic heterocycles. The van der Waals surface area contributed by atoms with Gasteiger partial charge in [0, 0.05) is 31.2 Å². The molecule has 2 heterocycles. The van der Waals surface area contributed by atoms with Crippen molar-refractivity contribution in [3.8, 4) is 0 Å². The highest BCUT2D eigenvalue weighted by Gasteiger charge is 2.38. The number of hydrogen-bond donors (Lipinski definition) is 1. The summed E-state index contributed by atoms with van der Waals surface area (Å²) >= 11 is 0. The van der Waals surface area contributed by atoms with E-state index in [9.17, 15) is 0 Å². The molecule has 0 amide bonds. The van der Waals surface area contributed by atoms with E-state index in [2.05, 4.69) is 9.80 Å². The van der Waals surface area contributed by atoms with E-state index in [0.29, 0.717) is 5.54 Å². The van der Waals surface area contributed by atoms with Crippen molar-refractivity contribution in [2.24, 2.45) is 5.73 Å². The van der Waals surface area contributed by atoms with Crippen molar-refractivity contribution in [3.05, 3.63) is 0 Å². The van der Waals surface area contributed by atoms with E-state index >= 15 is 0 Å². The van der Waals surface area contributed by atoms with Crippen LogP contribution in [0.15, 0.2) is 0 Å². The van der Waals surface area contributed by atoms with Crippen LogP contribution in [-0.2, 0) is 0 Å². The van der Waals surface area contributed by atoms with Gasteiger partial charge in [-0.3, -0.25) is 4.90 Å². The summed E-state index contributed by atoms with van der Waals surface area (Å²) in [5, 5.41) is 0. The largest absolute Gasteiger partial charge is 0.329 e. The second kappa shape index (κ2) is 7.43. The summed E-state index contributed by atoms with van der Waals surface area (Å²) in [6, 6.07) is 0.863. The van der Waals surface area contributed by atoms with E-state index in [1.807, 2.05) is 0 Å². The Morgan fingerprint density at radius 3 is 1.90 bits per heavy atom. The lowest BCUT2D eigenvalue weighted by Gasteiger charge is -2.48. The fourth-order valence-electron chi connectivity index (χ4n) is 5.02. The third kappa shape index (κ3) is 3.62. The molecule has 122 valence electrons. The summed E-state index contributed by atoms with van der Waals surface area (Å²) in [6.45, 7) is 6.16. The smallest absolute Gasteiger partial charge is 0.0331 e. The predicted octanol–water partition coefficient (Wildman–Crippen LogP) is 2.99. The maximum absolute atomic E-state index is 6.26. The van der Waals surface area contributed by atoms with Crippen LogP contribution in [0.3, 0.4) is 0 Å². The van der Waals surface area contributed by atoms with Gasteiger partial charge in [0.15, 0.2) is 0 Å². The van der Waals surface area contributed by atoms with Gasteiger partial charge in [-0.1, -0.05) is 32.1 Å². The van der Waals surface area contributed by atoms with Crippen molar-refractivity contribution in [3.63, 3.8) is 0 Å². The summed E-state index contributed by atoms with van der Waals surface area (Å²) in [5.41, 5.74) is 6.61. The lowest BCUT2D eigenvalue weighted by atomic mass is 9.85. The van der Waals surface area contributed by atoms with E-state index in [1.165, 1.54) is 96.8 Å². The van der Waals surface area contributed by atoms with Crippen molar-refractivity contribution >= 4 is 0 Å². The maximum atomic E-state index is 6.26. The van der Waals surface area contributed by atoms with Crippen molar-refractivity contribution < 1.29 is 0 Å². The van der Waals surface area contributed by atoms with Gasteiger partial charge in [0.05, 0.1) is 0 Å². The minimum atomic E-state index is 0.351. The normalized spacial score (nSPS) is 30.1. The highest BCUT2D eigenvalue weighted by atomic mass is 15.2. The second-order valence-electron chi connectivity index (χ2n) is 7.66. The van der Waals surface area contributed by atoms with Crippen LogP contribution in [0, 0.1) is 0 Å². The fraction of sp³-hybridized carbons (Fsp3) is 1.00. The Hall–Kier alpha value is -0.120. The monoisotopic (exact) mass is 293 g/mol. The summed E-state index contributed by atoms with van der Waals surface area (Å²) < 4.78 is 0. The first kappa shape index (κ1) is 15.8. The van der Waals surface area contributed by atoms with Crippen LogP contribution >= 0.6 is 0 Å². The summed E-state index contributed by atoms with van der Waals surface area (Å²) in [4.78, 5) is 5.57. The molecule has 0 radical (unpaired) electrons. The number of nitrogens with two attached hydrogens (primary N) is 1. The van der Waals surface area contributed by atoms with Gasteiger partial charge in [0.1, 0.15) is 0 Å². The SMILES string of the molecule is NCC1(N2CCC(N3CCCCC3)CC2)CCCCCC1. The van der Waals surface area contributed by atoms with E-state index in [1.54, 1.807) is 0 Å². The molecule has 0 aromatic rings. The van der Waals surface area contributed by atoms with Gasteiger partial charge in [-0.05, 0) is 51.6 Å². The Balaban J connectivity index is 1.55. The van der Waals surface area contributed by atoms with Crippen LogP contribution in [0.1, 0.15) is 70.6 Å². The number of rotatable bonds is 3. The highest BCUT2D eigenvalue weighted by Crippen LogP contribution is 2.34. The topological polar surface area (TPSA) is 32.5 Å². The number of piperidine rings is 2. The molecule has 0 unspecified atom stereocenters. The Labute approximate surface area is 131 Å². The average molecular weight is 293 g/mol. The first-order chi connectivity index (χ1) is 10.3. The van der Waals surface area contributed by atoms with E-state index < -0.39 is 0 Å². The Bertz CT molecular complexity index is 296. The van der Waals surface area contributed by atoms with Gasteiger partial charge >= 0.3 is 0 Å². The molecule has 3 heteroatoms. The average Bonchev–Trinajstić information content (AvgIpc) is 2.82. The molecule has 3 rings (SSSR count). The van der Waals surface area contributed by atoms with Gasteiger partial charge in [-0.25, -0.2) is 0 Å². The fourth-order valence-corrected chi connectivity index (χ4v) is 5.02. The van der Waals surface area contributed by atoms with Crippen LogP contribution < -0.4 is 5.73 Å². The minimum Gasteiger partial charge on any atom is -0.329 e. The molecule has 3 fully saturated rings. The van der Waals surface area contributed by atoms with E-state index in [-0.39, 0.29) is 0 Å². The quantitative estimate of drug-likeness (QED) is 0.812. The van der Waals surface area contributed by atoms with Crippen LogP contribution in [0.2, 0.25) is 0 Å². The molecule has 3 aliphatic rings. The highest BCUT2D eigenvalue weighted by molar-refractivity contribution is 4.96. The zero-order chi connectivity index (χ0) is 14.5. The molecular formula is C18H35N3. The zero-order valence-electron chi connectivity index (χ0n) is 13.9. The minimum absolute atomic E-state index is 0.351.